The standard InChI is InChI=1S/C11H14N4O2/c1-3-8-5-9(14-13-8)6-12-11(16)10-4-7(2)15-17-10/h4-5H,3,6H2,1-2H3,(H,12,16)(H,13,14). The van der Waals surface area contributed by atoms with Crippen LogP contribution in [0.3, 0.4) is 0 Å². The molecule has 0 radical (unpaired) electrons. The van der Waals surface area contributed by atoms with Gasteiger partial charge in [-0.15, -0.1) is 0 Å². The second kappa shape index (κ2) is 4.82. The molecule has 0 unspecified atom stereocenters. The normalized spacial score (nSPS) is 10.5. The highest BCUT2D eigenvalue weighted by atomic mass is 16.5. The molecule has 0 bridgehead atoms. The lowest BCUT2D eigenvalue weighted by molar-refractivity contribution is 0.0913. The van der Waals surface area contributed by atoms with Gasteiger partial charge in [0.1, 0.15) is 0 Å². The van der Waals surface area contributed by atoms with Crippen molar-refractivity contribution in [1.82, 2.24) is 20.7 Å². The van der Waals surface area contributed by atoms with Crippen LogP contribution < -0.4 is 5.32 Å². The Morgan fingerprint density at radius 1 is 1.53 bits per heavy atom. The van der Waals surface area contributed by atoms with Gasteiger partial charge in [-0.25, -0.2) is 0 Å². The monoisotopic (exact) mass is 234 g/mol. The van der Waals surface area contributed by atoms with E-state index in [2.05, 4.69) is 20.7 Å². The van der Waals surface area contributed by atoms with Gasteiger partial charge in [0.05, 0.1) is 23.6 Å². The predicted octanol–water partition coefficient (Wildman–Crippen LogP) is 1.20. The van der Waals surface area contributed by atoms with Crippen molar-refractivity contribution in [3.8, 4) is 0 Å². The van der Waals surface area contributed by atoms with E-state index in [0.717, 1.165) is 17.8 Å². The van der Waals surface area contributed by atoms with Crippen LogP contribution in [0, 0.1) is 6.92 Å². The maximum Gasteiger partial charge on any atom is 0.290 e. The molecule has 0 aromatic carbocycles. The molecule has 2 N–H and O–H groups in total. The van der Waals surface area contributed by atoms with E-state index in [1.165, 1.54) is 0 Å². The molecule has 1 amide bonds. The van der Waals surface area contributed by atoms with Crippen LogP contribution in [0.2, 0.25) is 0 Å². The number of H-pyrrole nitrogens is 1. The minimum Gasteiger partial charge on any atom is -0.351 e. The molecule has 90 valence electrons. The highest BCUT2D eigenvalue weighted by molar-refractivity contribution is 5.91. The molecule has 0 fully saturated rings. The molecule has 6 heteroatoms. The van der Waals surface area contributed by atoms with Crippen LogP contribution in [0.1, 0.15) is 34.6 Å². The fraction of sp³-hybridized carbons (Fsp3) is 0.364. The Morgan fingerprint density at radius 3 is 2.94 bits per heavy atom. The second-order valence-electron chi connectivity index (χ2n) is 3.75. The van der Waals surface area contributed by atoms with Crippen LogP contribution in [-0.2, 0) is 13.0 Å². The van der Waals surface area contributed by atoms with Crippen molar-refractivity contribution in [3.05, 3.63) is 35.0 Å². The summed E-state index contributed by atoms with van der Waals surface area (Å²) in [6.45, 7) is 4.18. The Bertz CT molecular complexity index is 515. The average Bonchev–Trinajstić information content (AvgIpc) is 2.94. The third kappa shape index (κ3) is 2.72. The number of aromatic amines is 1. The SMILES string of the molecule is CCc1cc(CNC(=O)c2cc(C)no2)[nH]n1. The van der Waals surface area contributed by atoms with Crippen molar-refractivity contribution in [3.63, 3.8) is 0 Å². The number of aromatic nitrogens is 3. The molecule has 0 aliphatic heterocycles. The maximum atomic E-state index is 11.6. The van der Waals surface area contributed by atoms with Gasteiger partial charge < -0.3 is 9.84 Å². The Hall–Kier alpha value is -2.11. The third-order valence-corrected chi connectivity index (χ3v) is 2.34. The molecular weight excluding hydrogens is 220 g/mol. The van der Waals surface area contributed by atoms with Gasteiger partial charge in [0.25, 0.3) is 5.91 Å². The fourth-order valence-electron chi connectivity index (χ4n) is 1.41. The number of hydrogen-bond acceptors (Lipinski definition) is 4. The number of amides is 1. The summed E-state index contributed by atoms with van der Waals surface area (Å²) in [6.07, 6.45) is 0.867. The Balaban J connectivity index is 1.92. The largest absolute Gasteiger partial charge is 0.351 e. The number of carbonyl (C=O) groups excluding carboxylic acids is 1. The molecule has 2 rings (SSSR count). The van der Waals surface area contributed by atoms with E-state index < -0.39 is 0 Å². The topological polar surface area (TPSA) is 83.8 Å². The highest BCUT2D eigenvalue weighted by Crippen LogP contribution is 2.03. The molecule has 2 heterocycles. The van der Waals surface area contributed by atoms with Gasteiger partial charge in [0, 0.05) is 6.07 Å². The van der Waals surface area contributed by atoms with Crippen LogP contribution >= 0.6 is 0 Å². The fourth-order valence-corrected chi connectivity index (χ4v) is 1.41. The first-order chi connectivity index (χ1) is 8.19. The molecule has 0 atom stereocenters. The molecular formula is C11H14N4O2. The van der Waals surface area contributed by atoms with Gasteiger partial charge >= 0.3 is 0 Å². The van der Waals surface area contributed by atoms with Crippen molar-refractivity contribution in [1.29, 1.82) is 0 Å². The second-order valence-corrected chi connectivity index (χ2v) is 3.75. The smallest absolute Gasteiger partial charge is 0.290 e. The third-order valence-electron chi connectivity index (χ3n) is 2.34. The Labute approximate surface area is 98.4 Å². The van der Waals surface area contributed by atoms with Gasteiger partial charge in [-0.3, -0.25) is 9.89 Å². The summed E-state index contributed by atoms with van der Waals surface area (Å²) in [5, 5.41) is 13.3. The highest BCUT2D eigenvalue weighted by Gasteiger charge is 2.11. The van der Waals surface area contributed by atoms with E-state index in [1.54, 1.807) is 13.0 Å². The van der Waals surface area contributed by atoms with Crippen molar-refractivity contribution in [2.75, 3.05) is 0 Å². The minimum absolute atomic E-state index is 0.220. The number of aryl methyl sites for hydroxylation is 2. The first kappa shape index (κ1) is 11.4. The zero-order valence-corrected chi connectivity index (χ0v) is 9.78. The summed E-state index contributed by atoms with van der Waals surface area (Å²) in [5.41, 5.74) is 2.53. The van der Waals surface area contributed by atoms with Crippen molar-refractivity contribution in [2.45, 2.75) is 26.8 Å². The van der Waals surface area contributed by atoms with Gasteiger partial charge in [-0.05, 0) is 19.4 Å². The van der Waals surface area contributed by atoms with Gasteiger partial charge in [-0.2, -0.15) is 5.10 Å². The molecule has 0 aliphatic rings. The number of nitrogens with one attached hydrogen (secondary N) is 2. The summed E-state index contributed by atoms with van der Waals surface area (Å²) < 4.78 is 4.85. The lowest BCUT2D eigenvalue weighted by atomic mass is 10.3. The van der Waals surface area contributed by atoms with Crippen molar-refractivity contribution in [2.24, 2.45) is 0 Å². The maximum absolute atomic E-state index is 11.6. The van der Waals surface area contributed by atoms with E-state index >= 15 is 0 Å². The van der Waals surface area contributed by atoms with E-state index in [9.17, 15) is 4.79 Å². The number of rotatable bonds is 4. The van der Waals surface area contributed by atoms with E-state index in [-0.39, 0.29) is 11.7 Å². The summed E-state index contributed by atoms with van der Waals surface area (Å²) in [6, 6.07) is 3.52. The first-order valence-electron chi connectivity index (χ1n) is 5.43. The van der Waals surface area contributed by atoms with Crippen LogP contribution in [0.15, 0.2) is 16.7 Å². The van der Waals surface area contributed by atoms with Crippen LogP contribution in [0.5, 0.6) is 0 Å². The van der Waals surface area contributed by atoms with E-state index in [0.29, 0.717) is 12.2 Å². The van der Waals surface area contributed by atoms with Gasteiger partial charge in [0.15, 0.2) is 0 Å². The van der Waals surface area contributed by atoms with Crippen LogP contribution in [-0.4, -0.2) is 21.3 Å². The predicted molar refractivity (Wildman–Crippen MR) is 60.4 cm³/mol. The quantitative estimate of drug-likeness (QED) is 0.832. The summed E-state index contributed by atoms with van der Waals surface area (Å²) in [5.74, 6) is -0.0593. The number of nitrogens with zero attached hydrogens (tertiary/aromatic N) is 2. The van der Waals surface area contributed by atoms with Gasteiger partial charge in [0.2, 0.25) is 5.76 Å². The number of hydrogen-bond donors (Lipinski definition) is 2. The molecule has 2 aromatic heterocycles. The lowest BCUT2D eigenvalue weighted by Gasteiger charge is -1.98. The Morgan fingerprint density at radius 2 is 2.35 bits per heavy atom. The van der Waals surface area contributed by atoms with E-state index in [4.69, 9.17) is 4.52 Å². The Kier molecular flexibility index (Phi) is 3.22. The van der Waals surface area contributed by atoms with E-state index in [1.807, 2.05) is 13.0 Å². The zero-order valence-electron chi connectivity index (χ0n) is 9.78. The molecule has 0 saturated carbocycles. The molecule has 2 aromatic rings. The van der Waals surface area contributed by atoms with Crippen LogP contribution in [0.25, 0.3) is 0 Å². The lowest BCUT2D eigenvalue weighted by Crippen LogP contribution is -2.22. The molecule has 0 saturated heterocycles. The molecule has 17 heavy (non-hydrogen) atoms. The zero-order chi connectivity index (χ0) is 12.3. The summed E-state index contributed by atoms with van der Waals surface area (Å²) >= 11 is 0. The molecule has 0 aliphatic carbocycles. The van der Waals surface area contributed by atoms with Crippen molar-refractivity contribution >= 4 is 5.91 Å². The van der Waals surface area contributed by atoms with Crippen LogP contribution in [0.4, 0.5) is 0 Å². The summed E-state index contributed by atoms with van der Waals surface area (Å²) in [4.78, 5) is 11.6. The number of carbonyl (C=O) groups is 1. The molecule has 6 nitrogen and oxygen atoms in total. The first-order valence-corrected chi connectivity index (χ1v) is 5.43. The minimum atomic E-state index is -0.279. The summed E-state index contributed by atoms with van der Waals surface area (Å²) in [7, 11) is 0. The molecule has 0 spiro atoms. The van der Waals surface area contributed by atoms with Gasteiger partial charge in [-0.1, -0.05) is 12.1 Å². The average molecular weight is 234 g/mol. The van der Waals surface area contributed by atoms with Crippen molar-refractivity contribution < 1.29 is 9.32 Å².